The largest absolute Gasteiger partial charge is 0.372 e. The Hall–Kier alpha value is -2.43. The summed E-state index contributed by atoms with van der Waals surface area (Å²) in [6.07, 6.45) is 1.73. The first kappa shape index (κ1) is 12.6. The van der Waals surface area contributed by atoms with Crippen LogP contribution in [0.15, 0.2) is 42.6 Å². The summed E-state index contributed by atoms with van der Waals surface area (Å²) in [6, 6.07) is 12.0. The number of benzene rings is 1. The van der Waals surface area contributed by atoms with Crippen LogP contribution in [0.1, 0.15) is 13.8 Å². The van der Waals surface area contributed by atoms with Gasteiger partial charge in [-0.15, -0.1) is 15.0 Å². The molecular formula is C15H17N5. The minimum atomic E-state index is 0.667. The van der Waals surface area contributed by atoms with E-state index < -0.39 is 0 Å². The normalized spacial score (nSPS) is 10.9. The maximum absolute atomic E-state index is 4.43. The van der Waals surface area contributed by atoms with E-state index in [1.54, 1.807) is 11.0 Å². The maximum Gasteiger partial charge on any atom is 0.202 e. The Labute approximate surface area is 117 Å². The second-order valence-corrected chi connectivity index (χ2v) is 4.52. The number of hydrogen-bond donors (Lipinski definition) is 0. The van der Waals surface area contributed by atoms with Gasteiger partial charge in [-0.25, -0.2) is 4.98 Å². The average molecular weight is 267 g/mol. The molecule has 5 heteroatoms. The van der Waals surface area contributed by atoms with Crippen molar-refractivity contribution in [2.75, 3.05) is 18.0 Å². The molecule has 0 bridgehead atoms. The number of pyridine rings is 1. The number of fused-ring (bicyclic) bond motifs is 1. The van der Waals surface area contributed by atoms with E-state index in [-0.39, 0.29) is 0 Å². The fourth-order valence-electron chi connectivity index (χ4n) is 2.26. The van der Waals surface area contributed by atoms with E-state index in [1.165, 1.54) is 5.69 Å². The molecule has 2 aromatic heterocycles. The summed E-state index contributed by atoms with van der Waals surface area (Å²) in [4.78, 5) is 8.13. The van der Waals surface area contributed by atoms with Gasteiger partial charge in [0.25, 0.3) is 0 Å². The monoisotopic (exact) mass is 267 g/mol. The highest BCUT2D eigenvalue weighted by molar-refractivity contribution is 5.68. The van der Waals surface area contributed by atoms with Crippen molar-refractivity contribution in [3.8, 4) is 5.69 Å². The first-order chi connectivity index (χ1) is 9.81. The zero-order valence-corrected chi connectivity index (χ0v) is 11.7. The molecule has 5 nitrogen and oxygen atoms in total. The molecule has 0 spiro atoms. The molecule has 1 aromatic carbocycles. The molecule has 0 aliphatic heterocycles. The number of anilines is 1. The van der Waals surface area contributed by atoms with Crippen molar-refractivity contribution < 1.29 is 0 Å². The third-order valence-corrected chi connectivity index (χ3v) is 3.37. The summed E-state index contributed by atoms with van der Waals surface area (Å²) in [5.74, 6) is 0. The van der Waals surface area contributed by atoms with E-state index in [1.807, 2.05) is 24.3 Å². The summed E-state index contributed by atoms with van der Waals surface area (Å²) in [7, 11) is 0. The second kappa shape index (κ2) is 5.28. The molecule has 20 heavy (non-hydrogen) atoms. The number of aromatic nitrogens is 4. The van der Waals surface area contributed by atoms with Crippen molar-refractivity contribution in [3.05, 3.63) is 42.6 Å². The van der Waals surface area contributed by atoms with Crippen LogP contribution in [0.4, 0.5) is 5.69 Å². The van der Waals surface area contributed by atoms with Crippen LogP contribution < -0.4 is 4.90 Å². The molecule has 0 amide bonds. The van der Waals surface area contributed by atoms with Crippen LogP contribution in [0.2, 0.25) is 0 Å². The van der Waals surface area contributed by atoms with Crippen LogP contribution in [0.3, 0.4) is 0 Å². The molecule has 0 unspecified atom stereocenters. The highest BCUT2D eigenvalue weighted by atomic mass is 15.5. The summed E-state index contributed by atoms with van der Waals surface area (Å²) < 4.78 is 0. The standard InChI is InChI=1S/C15H17N5/c1-3-19(4-2)12-7-9-13(10-8-12)20-17-14-6-5-11-16-15(14)18-20/h5-11H,3-4H2,1-2H3. The Balaban J connectivity index is 1.94. The molecule has 3 aromatic rings. The molecule has 0 saturated carbocycles. The molecule has 0 atom stereocenters. The Morgan fingerprint density at radius 3 is 2.40 bits per heavy atom. The van der Waals surface area contributed by atoms with Gasteiger partial charge in [0.05, 0.1) is 5.69 Å². The van der Waals surface area contributed by atoms with Gasteiger partial charge in [-0.2, -0.15) is 0 Å². The third kappa shape index (κ3) is 2.22. The van der Waals surface area contributed by atoms with Crippen LogP contribution in [-0.4, -0.2) is 33.1 Å². The van der Waals surface area contributed by atoms with Crippen molar-refractivity contribution in [2.24, 2.45) is 0 Å². The summed E-state index contributed by atoms with van der Waals surface area (Å²) >= 11 is 0. The summed E-state index contributed by atoms with van der Waals surface area (Å²) in [5, 5.41) is 8.81. The predicted molar refractivity (Wildman–Crippen MR) is 80.2 cm³/mol. The van der Waals surface area contributed by atoms with Gasteiger partial charge >= 0.3 is 0 Å². The lowest BCUT2D eigenvalue weighted by Crippen LogP contribution is -2.21. The van der Waals surface area contributed by atoms with Crippen molar-refractivity contribution in [3.63, 3.8) is 0 Å². The van der Waals surface area contributed by atoms with E-state index >= 15 is 0 Å². The van der Waals surface area contributed by atoms with Gasteiger partial charge in [0.15, 0.2) is 0 Å². The van der Waals surface area contributed by atoms with E-state index in [0.29, 0.717) is 5.65 Å². The van der Waals surface area contributed by atoms with Gasteiger partial charge in [0, 0.05) is 25.0 Å². The van der Waals surface area contributed by atoms with Gasteiger partial charge in [-0.3, -0.25) is 0 Å². The van der Waals surface area contributed by atoms with Crippen molar-refractivity contribution in [1.29, 1.82) is 0 Å². The highest BCUT2D eigenvalue weighted by Gasteiger charge is 2.06. The Morgan fingerprint density at radius 1 is 1.00 bits per heavy atom. The molecule has 102 valence electrons. The highest BCUT2D eigenvalue weighted by Crippen LogP contribution is 2.17. The molecule has 0 aliphatic rings. The molecular weight excluding hydrogens is 250 g/mol. The van der Waals surface area contributed by atoms with Crippen molar-refractivity contribution in [1.82, 2.24) is 20.0 Å². The molecule has 0 radical (unpaired) electrons. The maximum atomic E-state index is 4.43. The minimum Gasteiger partial charge on any atom is -0.372 e. The Bertz CT molecular complexity index is 665. The number of hydrogen-bond acceptors (Lipinski definition) is 4. The molecule has 2 heterocycles. The molecule has 0 aliphatic carbocycles. The minimum absolute atomic E-state index is 0.667. The summed E-state index contributed by atoms with van der Waals surface area (Å²) in [6.45, 7) is 6.32. The topological polar surface area (TPSA) is 46.8 Å². The van der Waals surface area contributed by atoms with Crippen molar-refractivity contribution in [2.45, 2.75) is 13.8 Å². The molecule has 0 saturated heterocycles. The van der Waals surface area contributed by atoms with E-state index in [4.69, 9.17) is 0 Å². The first-order valence-corrected chi connectivity index (χ1v) is 6.85. The third-order valence-electron chi connectivity index (χ3n) is 3.37. The van der Waals surface area contributed by atoms with Crippen LogP contribution in [0.25, 0.3) is 16.9 Å². The second-order valence-electron chi connectivity index (χ2n) is 4.52. The van der Waals surface area contributed by atoms with Gasteiger partial charge in [-0.05, 0) is 50.2 Å². The Morgan fingerprint density at radius 2 is 1.75 bits per heavy atom. The lowest BCUT2D eigenvalue weighted by Gasteiger charge is -2.20. The van der Waals surface area contributed by atoms with E-state index in [2.05, 4.69) is 46.1 Å². The first-order valence-electron chi connectivity index (χ1n) is 6.85. The van der Waals surface area contributed by atoms with Crippen LogP contribution in [0, 0.1) is 0 Å². The van der Waals surface area contributed by atoms with Gasteiger partial charge in [0.2, 0.25) is 5.65 Å². The number of nitrogens with zero attached hydrogens (tertiary/aromatic N) is 5. The smallest absolute Gasteiger partial charge is 0.202 e. The van der Waals surface area contributed by atoms with Gasteiger partial charge in [0.1, 0.15) is 5.52 Å². The lowest BCUT2D eigenvalue weighted by atomic mass is 10.2. The molecule has 0 N–H and O–H groups in total. The zero-order valence-electron chi connectivity index (χ0n) is 11.7. The summed E-state index contributed by atoms with van der Waals surface area (Å²) in [5.41, 5.74) is 3.63. The van der Waals surface area contributed by atoms with Crippen molar-refractivity contribution >= 4 is 16.9 Å². The fourth-order valence-corrected chi connectivity index (χ4v) is 2.26. The zero-order chi connectivity index (χ0) is 13.9. The number of rotatable bonds is 4. The van der Waals surface area contributed by atoms with Gasteiger partial charge in [-0.1, -0.05) is 0 Å². The molecule has 0 fully saturated rings. The average Bonchev–Trinajstić information content (AvgIpc) is 2.93. The van der Waals surface area contributed by atoms with Crippen LogP contribution in [-0.2, 0) is 0 Å². The molecule has 3 rings (SSSR count). The van der Waals surface area contributed by atoms with Crippen LogP contribution >= 0.6 is 0 Å². The fraction of sp³-hybridized carbons (Fsp3) is 0.267. The predicted octanol–water partition coefficient (Wildman–Crippen LogP) is 2.66. The van der Waals surface area contributed by atoms with Gasteiger partial charge < -0.3 is 4.90 Å². The van der Waals surface area contributed by atoms with Crippen LogP contribution in [0.5, 0.6) is 0 Å². The lowest BCUT2D eigenvalue weighted by molar-refractivity contribution is 0.762. The quantitative estimate of drug-likeness (QED) is 0.729. The van der Waals surface area contributed by atoms with E-state index in [9.17, 15) is 0 Å². The van der Waals surface area contributed by atoms with E-state index in [0.717, 1.165) is 24.3 Å². The SMILES string of the molecule is CCN(CC)c1ccc(-n2nc3cccnc3n2)cc1. The Kier molecular flexibility index (Phi) is 3.33.